The summed E-state index contributed by atoms with van der Waals surface area (Å²) in [6, 6.07) is 6.17. The van der Waals surface area contributed by atoms with Crippen LogP contribution < -0.4 is 5.32 Å². The summed E-state index contributed by atoms with van der Waals surface area (Å²) in [5, 5.41) is 14.1. The van der Waals surface area contributed by atoms with Crippen molar-refractivity contribution in [1.82, 2.24) is 13.9 Å². The van der Waals surface area contributed by atoms with Crippen LogP contribution in [0.25, 0.3) is 0 Å². The number of piperazine rings is 1. The van der Waals surface area contributed by atoms with Gasteiger partial charge < -0.3 is 5.32 Å². The van der Waals surface area contributed by atoms with Crippen LogP contribution in [0.5, 0.6) is 0 Å². The van der Waals surface area contributed by atoms with Gasteiger partial charge in [0.2, 0.25) is 0 Å². The number of hydrogen-bond donors (Lipinski definition) is 1. The minimum atomic E-state index is -3.60. The Morgan fingerprint density at radius 2 is 1.95 bits per heavy atom. The number of nitro benzene ring substituents is 1. The van der Waals surface area contributed by atoms with Gasteiger partial charge in [0.1, 0.15) is 0 Å². The maximum atomic E-state index is 12.4. The highest BCUT2D eigenvalue weighted by Gasteiger charge is 2.29. The summed E-state index contributed by atoms with van der Waals surface area (Å²) in [7, 11) is -2.16. The largest absolute Gasteiger partial charge is 0.314 e. The van der Waals surface area contributed by atoms with Gasteiger partial charge in [-0.15, -0.1) is 0 Å². The van der Waals surface area contributed by atoms with Crippen LogP contribution in [0, 0.1) is 10.1 Å². The van der Waals surface area contributed by atoms with E-state index >= 15 is 0 Å². The molecule has 0 atom stereocenters. The smallest absolute Gasteiger partial charge is 0.282 e. The zero-order chi connectivity index (χ0) is 15.5. The molecule has 0 spiro atoms. The molecule has 0 saturated carbocycles. The first-order valence-corrected chi connectivity index (χ1v) is 7.97. The third-order valence-electron chi connectivity index (χ3n) is 3.38. The second-order valence-corrected chi connectivity index (χ2v) is 6.83. The third kappa shape index (κ3) is 3.56. The van der Waals surface area contributed by atoms with Crippen molar-refractivity contribution in [3.05, 3.63) is 39.9 Å². The second kappa shape index (κ2) is 6.48. The van der Waals surface area contributed by atoms with Crippen LogP contribution in [0.15, 0.2) is 24.3 Å². The van der Waals surface area contributed by atoms with Crippen molar-refractivity contribution in [3.8, 4) is 0 Å². The predicted octanol–water partition coefficient (Wildman–Crippen LogP) is 0.177. The summed E-state index contributed by atoms with van der Waals surface area (Å²) in [6.45, 7) is 2.01. The van der Waals surface area contributed by atoms with Crippen molar-refractivity contribution >= 4 is 15.9 Å². The molecule has 2 rings (SSSR count). The fraction of sp³-hybridized carbons (Fsp3) is 0.500. The van der Waals surface area contributed by atoms with Gasteiger partial charge in [0.25, 0.3) is 15.9 Å². The zero-order valence-corrected chi connectivity index (χ0v) is 12.5. The second-order valence-electron chi connectivity index (χ2n) is 4.80. The number of nitro groups is 1. The first-order chi connectivity index (χ1) is 9.93. The van der Waals surface area contributed by atoms with Gasteiger partial charge in [0, 0.05) is 51.4 Å². The molecule has 0 bridgehead atoms. The molecular formula is C12H18N4O4S. The number of hydrogen-bond acceptors (Lipinski definition) is 5. The van der Waals surface area contributed by atoms with Crippen LogP contribution in [-0.4, -0.2) is 55.2 Å². The Morgan fingerprint density at radius 1 is 1.33 bits per heavy atom. The van der Waals surface area contributed by atoms with E-state index in [1.165, 1.54) is 17.4 Å². The molecule has 1 aliphatic rings. The van der Waals surface area contributed by atoms with Crippen molar-refractivity contribution in [2.24, 2.45) is 0 Å². The van der Waals surface area contributed by atoms with E-state index in [-0.39, 0.29) is 12.2 Å². The molecular weight excluding hydrogens is 296 g/mol. The van der Waals surface area contributed by atoms with E-state index in [1.807, 2.05) is 0 Å². The van der Waals surface area contributed by atoms with Gasteiger partial charge in [-0.2, -0.15) is 17.0 Å². The molecule has 0 unspecified atom stereocenters. The number of benzene rings is 1. The van der Waals surface area contributed by atoms with E-state index in [0.717, 1.165) is 4.31 Å². The molecule has 1 N–H and O–H groups in total. The lowest BCUT2D eigenvalue weighted by molar-refractivity contribution is -0.385. The first kappa shape index (κ1) is 15.8. The fourth-order valence-corrected chi connectivity index (χ4v) is 3.56. The van der Waals surface area contributed by atoms with Crippen molar-refractivity contribution in [2.75, 3.05) is 33.2 Å². The molecule has 1 fully saturated rings. The number of nitrogens with zero attached hydrogens (tertiary/aromatic N) is 3. The summed E-state index contributed by atoms with van der Waals surface area (Å²) in [5.74, 6) is 0. The molecule has 1 heterocycles. The van der Waals surface area contributed by atoms with Gasteiger partial charge in [-0.3, -0.25) is 10.1 Å². The molecule has 0 amide bonds. The zero-order valence-electron chi connectivity index (χ0n) is 11.7. The topological polar surface area (TPSA) is 95.8 Å². The average Bonchev–Trinajstić information content (AvgIpc) is 2.48. The van der Waals surface area contributed by atoms with Crippen molar-refractivity contribution in [3.63, 3.8) is 0 Å². The Bertz CT molecular complexity index is 613. The van der Waals surface area contributed by atoms with Gasteiger partial charge in [-0.05, 0) is 0 Å². The number of nitrogens with one attached hydrogen (secondary N) is 1. The molecule has 1 aromatic carbocycles. The van der Waals surface area contributed by atoms with Crippen LogP contribution >= 0.6 is 0 Å². The first-order valence-electron chi connectivity index (χ1n) is 6.57. The lowest BCUT2D eigenvalue weighted by atomic mass is 10.2. The maximum absolute atomic E-state index is 12.4. The van der Waals surface area contributed by atoms with Crippen LogP contribution in [0.3, 0.4) is 0 Å². The molecule has 0 aromatic heterocycles. The van der Waals surface area contributed by atoms with E-state index in [2.05, 4.69) is 5.32 Å². The van der Waals surface area contributed by atoms with E-state index in [4.69, 9.17) is 0 Å². The van der Waals surface area contributed by atoms with E-state index < -0.39 is 15.1 Å². The lowest BCUT2D eigenvalue weighted by Crippen LogP contribution is -2.50. The normalized spacial score (nSPS) is 17.0. The summed E-state index contributed by atoms with van der Waals surface area (Å²) in [6.07, 6.45) is 0. The molecule has 9 heteroatoms. The van der Waals surface area contributed by atoms with Gasteiger partial charge in [0.05, 0.1) is 4.92 Å². The molecule has 8 nitrogen and oxygen atoms in total. The molecule has 1 aliphatic heterocycles. The summed E-state index contributed by atoms with van der Waals surface area (Å²) in [4.78, 5) is 10.5. The third-order valence-corrected chi connectivity index (χ3v) is 5.31. The SMILES string of the molecule is CN(Cc1ccccc1[N+](=O)[O-])S(=O)(=O)N1CCNCC1. The van der Waals surface area contributed by atoms with Crippen LogP contribution in [0.2, 0.25) is 0 Å². The predicted molar refractivity (Wildman–Crippen MR) is 77.9 cm³/mol. The quantitative estimate of drug-likeness (QED) is 0.618. The Labute approximate surface area is 123 Å². The number of para-hydroxylation sites is 1. The Morgan fingerprint density at radius 3 is 2.57 bits per heavy atom. The molecule has 0 radical (unpaired) electrons. The average molecular weight is 314 g/mol. The van der Waals surface area contributed by atoms with Gasteiger partial charge in [0.15, 0.2) is 0 Å². The molecule has 0 aliphatic carbocycles. The maximum Gasteiger partial charge on any atom is 0.282 e. The molecule has 1 saturated heterocycles. The van der Waals surface area contributed by atoms with E-state index in [9.17, 15) is 18.5 Å². The van der Waals surface area contributed by atoms with E-state index in [0.29, 0.717) is 31.7 Å². The Balaban J connectivity index is 2.17. The number of rotatable bonds is 5. The summed E-state index contributed by atoms with van der Waals surface area (Å²) < 4.78 is 27.4. The van der Waals surface area contributed by atoms with Gasteiger partial charge in [-0.1, -0.05) is 18.2 Å². The molecule has 21 heavy (non-hydrogen) atoms. The summed E-state index contributed by atoms with van der Waals surface area (Å²) >= 11 is 0. The Kier molecular flexibility index (Phi) is 4.88. The van der Waals surface area contributed by atoms with E-state index in [1.54, 1.807) is 18.2 Å². The highest BCUT2D eigenvalue weighted by Crippen LogP contribution is 2.21. The highest BCUT2D eigenvalue weighted by atomic mass is 32.2. The van der Waals surface area contributed by atoms with Gasteiger partial charge >= 0.3 is 0 Å². The van der Waals surface area contributed by atoms with Crippen molar-refractivity contribution in [1.29, 1.82) is 0 Å². The highest BCUT2D eigenvalue weighted by molar-refractivity contribution is 7.86. The monoisotopic (exact) mass is 314 g/mol. The fourth-order valence-electron chi connectivity index (χ4n) is 2.22. The van der Waals surface area contributed by atoms with Crippen molar-refractivity contribution in [2.45, 2.75) is 6.54 Å². The van der Waals surface area contributed by atoms with Crippen molar-refractivity contribution < 1.29 is 13.3 Å². The standard InChI is InChI=1S/C12H18N4O4S/c1-14(21(19,20)15-8-6-13-7-9-15)10-11-4-2-3-5-12(11)16(17)18/h2-5,13H,6-10H2,1H3. The van der Waals surface area contributed by atoms with Crippen LogP contribution in [0.1, 0.15) is 5.56 Å². The van der Waals surface area contributed by atoms with Gasteiger partial charge in [-0.25, -0.2) is 0 Å². The van der Waals surface area contributed by atoms with Crippen LogP contribution in [-0.2, 0) is 16.8 Å². The van der Waals surface area contributed by atoms with Crippen LogP contribution in [0.4, 0.5) is 5.69 Å². The minimum absolute atomic E-state index is 0.0244. The minimum Gasteiger partial charge on any atom is -0.314 e. The molecule has 1 aromatic rings. The summed E-state index contributed by atoms with van der Waals surface area (Å²) in [5.41, 5.74) is 0.309. The lowest BCUT2D eigenvalue weighted by Gasteiger charge is -2.30. The molecule has 116 valence electrons. The Hall–Kier alpha value is -1.55.